The Morgan fingerprint density at radius 3 is 2.33 bits per heavy atom. The Bertz CT molecular complexity index is 495. The minimum absolute atomic E-state index is 0. The van der Waals surface area contributed by atoms with Crippen molar-refractivity contribution in [3.63, 3.8) is 0 Å². The fourth-order valence-corrected chi connectivity index (χ4v) is 1.85. The topological polar surface area (TPSA) is 73.6 Å². The lowest BCUT2D eigenvalue weighted by atomic mass is 9.96. The van der Waals surface area contributed by atoms with Gasteiger partial charge in [-0.2, -0.15) is 0 Å². The highest BCUT2D eigenvalue weighted by Crippen LogP contribution is 2.32. The van der Waals surface area contributed by atoms with Crippen molar-refractivity contribution in [2.75, 3.05) is 19.5 Å². The molecular formula is C14H22ClFN2O3. The van der Waals surface area contributed by atoms with Gasteiger partial charge in [-0.15, -0.1) is 12.4 Å². The summed E-state index contributed by atoms with van der Waals surface area (Å²) in [6.07, 6.45) is 1.27. The number of carbonyl (C=O) groups is 1. The molecule has 0 saturated heterocycles. The summed E-state index contributed by atoms with van der Waals surface area (Å²) in [4.78, 5) is 12.1. The van der Waals surface area contributed by atoms with E-state index in [1.165, 1.54) is 20.3 Å². The molecule has 21 heavy (non-hydrogen) atoms. The second-order valence-electron chi connectivity index (χ2n) is 4.81. The summed E-state index contributed by atoms with van der Waals surface area (Å²) in [5.41, 5.74) is 4.87. The van der Waals surface area contributed by atoms with Gasteiger partial charge in [0.1, 0.15) is 0 Å². The number of rotatable bonds is 6. The van der Waals surface area contributed by atoms with E-state index in [0.29, 0.717) is 12.2 Å². The number of hydrogen-bond acceptors (Lipinski definition) is 4. The van der Waals surface area contributed by atoms with Gasteiger partial charge in [-0.05, 0) is 13.3 Å². The van der Waals surface area contributed by atoms with E-state index in [1.807, 2.05) is 6.92 Å². The molecule has 0 fully saturated rings. The predicted octanol–water partition coefficient (Wildman–Crippen LogP) is 2.72. The molecule has 0 aliphatic rings. The van der Waals surface area contributed by atoms with Crippen molar-refractivity contribution in [2.45, 2.75) is 32.2 Å². The Morgan fingerprint density at radius 1 is 1.33 bits per heavy atom. The molecule has 0 heterocycles. The number of benzene rings is 1. The van der Waals surface area contributed by atoms with Gasteiger partial charge in [0.15, 0.2) is 17.3 Å². The molecule has 5 nitrogen and oxygen atoms in total. The van der Waals surface area contributed by atoms with E-state index < -0.39 is 17.3 Å². The molecule has 1 aromatic carbocycles. The van der Waals surface area contributed by atoms with Crippen molar-refractivity contribution < 1.29 is 18.7 Å². The van der Waals surface area contributed by atoms with E-state index in [2.05, 4.69) is 5.32 Å². The molecule has 0 spiro atoms. The van der Waals surface area contributed by atoms with Gasteiger partial charge < -0.3 is 20.5 Å². The molecule has 0 saturated carbocycles. The summed E-state index contributed by atoms with van der Waals surface area (Å²) in [5.74, 6) is -0.459. The minimum atomic E-state index is -1.05. The van der Waals surface area contributed by atoms with E-state index in [-0.39, 0.29) is 23.8 Å². The van der Waals surface area contributed by atoms with E-state index in [4.69, 9.17) is 15.2 Å². The number of hydrogen-bond donors (Lipinski definition) is 2. The summed E-state index contributed by atoms with van der Waals surface area (Å²) < 4.78 is 23.9. The molecule has 3 N–H and O–H groups in total. The second-order valence-corrected chi connectivity index (χ2v) is 4.81. The maximum Gasteiger partial charge on any atom is 0.244 e. The van der Waals surface area contributed by atoms with Crippen molar-refractivity contribution in [3.8, 4) is 11.5 Å². The highest BCUT2D eigenvalue weighted by molar-refractivity contribution is 5.98. The minimum Gasteiger partial charge on any atom is -0.493 e. The number of ether oxygens (including phenoxy) is 2. The lowest BCUT2D eigenvalue weighted by Crippen LogP contribution is -2.48. The Hall–Kier alpha value is -1.53. The van der Waals surface area contributed by atoms with E-state index in [9.17, 15) is 9.18 Å². The first-order chi connectivity index (χ1) is 9.35. The molecule has 0 radical (unpaired) electrons. The van der Waals surface area contributed by atoms with Crippen LogP contribution in [0, 0.1) is 5.82 Å². The standard InChI is InChI=1S/C14H21FN2O3.ClH/c1-5-6-14(2,16)13(18)17-10-8-12(20-4)11(19-3)7-9(10)15;/h7-8H,5-6,16H2,1-4H3,(H,17,18);1H. The summed E-state index contributed by atoms with van der Waals surface area (Å²) >= 11 is 0. The fourth-order valence-electron chi connectivity index (χ4n) is 1.85. The molecule has 1 unspecified atom stereocenters. The maximum absolute atomic E-state index is 13.9. The molecule has 0 aliphatic heterocycles. The largest absolute Gasteiger partial charge is 0.493 e. The third kappa shape index (κ3) is 4.75. The molecule has 120 valence electrons. The summed E-state index contributed by atoms with van der Waals surface area (Å²) in [6.45, 7) is 3.54. The van der Waals surface area contributed by atoms with Crippen LogP contribution in [0.25, 0.3) is 0 Å². The highest BCUT2D eigenvalue weighted by atomic mass is 35.5. The Labute approximate surface area is 130 Å². The van der Waals surface area contributed by atoms with Crippen LogP contribution in [0.15, 0.2) is 12.1 Å². The van der Waals surface area contributed by atoms with Crippen molar-refractivity contribution in [3.05, 3.63) is 17.9 Å². The highest BCUT2D eigenvalue weighted by Gasteiger charge is 2.28. The van der Waals surface area contributed by atoms with Gasteiger partial charge >= 0.3 is 0 Å². The molecule has 1 amide bonds. The molecule has 0 bridgehead atoms. The second kappa shape index (κ2) is 8.05. The smallest absolute Gasteiger partial charge is 0.244 e. The first kappa shape index (κ1) is 19.5. The normalized spacial score (nSPS) is 12.9. The zero-order chi connectivity index (χ0) is 15.3. The van der Waals surface area contributed by atoms with Crippen LogP contribution in [0.2, 0.25) is 0 Å². The first-order valence-corrected chi connectivity index (χ1v) is 6.37. The van der Waals surface area contributed by atoms with Crippen LogP contribution in [-0.2, 0) is 4.79 Å². The van der Waals surface area contributed by atoms with E-state index in [1.54, 1.807) is 6.92 Å². The van der Waals surface area contributed by atoms with Gasteiger partial charge in [-0.1, -0.05) is 13.3 Å². The SMILES string of the molecule is CCCC(C)(N)C(=O)Nc1cc(OC)c(OC)cc1F.Cl. The van der Waals surface area contributed by atoms with Gasteiger partial charge in [-0.25, -0.2) is 4.39 Å². The van der Waals surface area contributed by atoms with Crippen LogP contribution in [0.3, 0.4) is 0 Å². The lowest BCUT2D eigenvalue weighted by Gasteiger charge is -2.23. The predicted molar refractivity (Wildman–Crippen MR) is 82.9 cm³/mol. The number of methoxy groups -OCH3 is 2. The van der Waals surface area contributed by atoms with Crippen molar-refractivity contribution in [1.82, 2.24) is 0 Å². The summed E-state index contributed by atoms with van der Waals surface area (Å²) in [5, 5.41) is 2.49. The molecular weight excluding hydrogens is 299 g/mol. The zero-order valence-electron chi connectivity index (χ0n) is 12.7. The average molecular weight is 321 g/mol. The van der Waals surface area contributed by atoms with Gasteiger partial charge in [0.2, 0.25) is 5.91 Å². The molecule has 1 aromatic rings. The quantitative estimate of drug-likeness (QED) is 0.845. The molecule has 0 aromatic heterocycles. The number of nitrogens with one attached hydrogen (secondary N) is 1. The van der Waals surface area contributed by atoms with E-state index >= 15 is 0 Å². The maximum atomic E-state index is 13.9. The third-order valence-corrected chi connectivity index (χ3v) is 3.01. The first-order valence-electron chi connectivity index (χ1n) is 6.37. The number of nitrogens with two attached hydrogens (primary N) is 1. The molecule has 0 aliphatic carbocycles. The van der Waals surface area contributed by atoms with Crippen LogP contribution in [0.4, 0.5) is 10.1 Å². The zero-order valence-corrected chi connectivity index (χ0v) is 13.5. The van der Waals surface area contributed by atoms with Crippen LogP contribution >= 0.6 is 12.4 Å². The van der Waals surface area contributed by atoms with Crippen LogP contribution in [0.5, 0.6) is 11.5 Å². The van der Waals surface area contributed by atoms with Gasteiger partial charge in [0, 0.05) is 12.1 Å². The molecule has 7 heteroatoms. The lowest BCUT2D eigenvalue weighted by molar-refractivity contribution is -0.120. The van der Waals surface area contributed by atoms with Gasteiger partial charge in [0.25, 0.3) is 0 Å². The number of amides is 1. The van der Waals surface area contributed by atoms with E-state index in [0.717, 1.165) is 12.5 Å². The van der Waals surface area contributed by atoms with Crippen molar-refractivity contribution in [1.29, 1.82) is 0 Å². The molecule has 1 rings (SSSR count). The van der Waals surface area contributed by atoms with Crippen LogP contribution < -0.4 is 20.5 Å². The third-order valence-electron chi connectivity index (χ3n) is 3.01. The van der Waals surface area contributed by atoms with Gasteiger partial charge in [-0.3, -0.25) is 4.79 Å². The Kier molecular flexibility index (Phi) is 7.46. The van der Waals surface area contributed by atoms with Crippen LogP contribution in [-0.4, -0.2) is 25.7 Å². The Balaban J connectivity index is 0.00000400. The number of halogens is 2. The summed E-state index contributed by atoms with van der Waals surface area (Å²) in [6, 6.07) is 2.52. The number of carbonyl (C=O) groups excluding carboxylic acids is 1. The fraction of sp³-hybridized carbons (Fsp3) is 0.500. The monoisotopic (exact) mass is 320 g/mol. The van der Waals surface area contributed by atoms with Gasteiger partial charge in [0.05, 0.1) is 25.4 Å². The molecule has 1 atom stereocenters. The summed E-state index contributed by atoms with van der Waals surface area (Å²) in [7, 11) is 2.85. The Morgan fingerprint density at radius 2 is 1.86 bits per heavy atom. The number of anilines is 1. The van der Waals surface area contributed by atoms with Crippen molar-refractivity contribution >= 4 is 24.0 Å². The average Bonchev–Trinajstić information content (AvgIpc) is 2.40. The van der Waals surface area contributed by atoms with Crippen molar-refractivity contribution in [2.24, 2.45) is 5.73 Å². The van der Waals surface area contributed by atoms with Crippen LogP contribution in [0.1, 0.15) is 26.7 Å².